The van der Waals surface area contributed by atoms with Crippen molar-refractivity contribution < 1.29 is 17.9 Å². The standard InChI is InChI=1S/C23H18ClF3N2OS/c1-2-11-30-17-9-7-15(8-10-17)21-12-19(23(25,26)27)18(13-28)22(29-21)31-14-16-5-3-4-6-20(16)24/h3-10,12H,2,11,14H2,1H3. The summed E-state index contributed by atoms with van der Waals surface area (Å²) in [5.74, 6) is 0.912. The number of pyridine rings is 1. The molecule has 0 unspecified atom stereocenters. The van der Waals surface area contributed by atoms with Crippen LogP contribution in [0, 0.1) is 11.3 Å². The van der Waals surface area contributed by atoms with Crippen LogP contribution in [0.15, 0.2) is 59.6 Å². The minimum atomic E-state index is -4.69. The second-order valence-electron chi connectivity index (χ2n) is 6.60. The molecule has 3 nitrogen and oxygen atoms in total. The van der Waals surface area contributed by atoms with Crippen molar-refractivity contribution in [1.82, 2.24) is 4.98 Å². The van der Waals surface area contributed by atoms with E-state index >= 15 is 0 Å². The molecule has 3 aromatic rings. The summed E-state index contributed by atoms with van der Waals surface area (Å²) in [5.41, 5.74) is -0.117. The highest BCUT2D eigenvalue weighted by molar-refractivity contribution is 7.98. The maximum atomic E-state index is 13.7. The number of rotatable bonds is 7. The molecule has 0 spiro atoms. The number of ether oxygens (including phenoxy) is 1. The Hall–Kier alpha value is -2.69. The maximum Gasteiger partial charge on any atom is 0.417 e. The van der Waals surface area contributed by atoms with Crippen molar-refractivity contribution in [3.63, 3.8) is 0 Å². The van der Waals surface area contributed by atoms with E-state index in [1.165, 1.54) is 0 Å². The molecule has 0 aliphatic carbocycles. The summed E-state index contributed by atoms with van der Waals surface area (Å²) in [7, 11) is 0. The summed E-state index contributed by atoms with van der Waals surface area (Å²) in [6.45, 7) is 2.53. The molecule has 3 rings (SSSR count). The Morgan fingerprint density at radius 2 is 1.84 bits per heavy atom. The molecule has 0 fully saturated rings. The molecule has 8 heteroatoms. The van der Waals surface area contributed by atoms with Gasteiger partial charge < -0.3 is 4.74 Å². The van der Waals surface area contributed by atoms with E-state index in [-0.39, 0.29) is 16.5 Å². The number of nitriles is 1. The number of nitrogens with zero attached hydrogens (tertiary/aromatic N) is 2. The lowest BCUT2D eigenvalue weighted by molar-refractivity contribution is -0.138. The third-order valence-corrected chi connectivity index (χ3v) is 5.74. The van der Waals surface area contributed by atoms with Crippen molar-refractivity contribution >= 4 is 23.4 Å². The van der Waals surface area contributed by atoms with E-state index in [0.717, 1.165) is 29.8 Å². The fourth-order valence-corrected chi connectivity index (χ4v) is 4.10. The molecule has 0 bridgehead atoms. The second kappa shape index (κ2) is 10.1. The third-order valence-electron chi connectivity index (χ3n) is 4.35. The summed E-state index contributed by atoms with van der Waals surface area (Å²) in [6, 6.07) is 16.3. The van der Waals surface area contributed by atoms with Crippen LogP contribution < -0.4 is 4.74 Å². The van der Waals surface area contributed by atoms with Crippen LogP contribution in [-0.4, -0.2) is 11.6 Å². The largest absolute Gasteiger partial charge is 0.494 e. The zero-order chi connectivity index (χ0) is 22.4. The third kappa shape index (κ3) is 5.72. The van der Waals surface area contributed by atoms with Gasteiger partial charge in [-0.3, -0.25) is 0 Å². The van der Waals surface area contributed by atoms with Crippen molar-refractivity contribution in [2.75, 3.05) is 6.61 Å². The Kier molecular flexibility index (Phi) is 7.47. The van der Waals surface area contributed by atoms with Crippen molar-refractivity contribution in [2.24, 2.45) is 0 Å². The van der Waals surface area contributed by atoms with E-state index in [9.17, 15) is 18.4 Å². The molecule has 0 aliphatic heterocycles. The number of thioether (sulfide) groups is 1. The fourth-order valence-electron chi connectivity index (χ4n) is 2.81. The van der Waals surface area contributed by atoms with E-state index < -0.39 is 17.3 Å². The van der Waals surface area contributed by atoms with E-state index in [0.29, 0.717) is 22.9 Å². The summed E-state index contributed by atoms with van der Waals surface area (Å²) in [4.78, 5) is 4.38. The summed E-state index contributed by atoms with van der Waals surface area (Å²) in [5, 5.41) is 9.96. The summed E-state index contributed by atoms with van der Waals surface area (Å²) < 4.78 is 46.7. The number of alkyl halides is 3. The van der Waals surface area contributed by atoms with Crippen LogP contribution in [-0.2, 0) is 11.9 Å². The first-order valence-corrected chi connectivity index (χ1v) is 10.8. The molecular weight excluding hydrogens is 445 g/mol. The highest BCUT2D eigenvalue weighted by Crippen LogP contribution is 2.39. The van der Waals surface area contributed by atoms with Crippen LogP contribution in [0.3, 0.4) is 0 Å². The van der Waals surface area contributed by atoms with E-state index in [1.807, 2.05) is 6.92 Å². The SMILES string of the molecule is CCCOc1ccc(-c2cc(C(F)(F)F)c(C#N)c(SCc3ccccc3Cl)n2)cc1. The normalized spacial score (nSPS) is 11.2. The van der Waals surface area contributed by atoms with Crippen molar-refractivity contribution in [2.45, 2.75) is 30.3 Å². The Labute approximate surface area is 187 Å². The zero-order valence-electron chi connectivity index (χ0n) is 16.5. The van der Waals surface area contributed by atoms with E-state index in [4.69, 9.17) is 16.3 Å². The fraction of sp³-hybridized carbons (Fsp3) is 0.217. The molecule has 0 amide bonds. The quantitative estimate of drug-likeness (QED) is 0.344. The molecule has 0 aliphatic rings. The van der Waals surface area contributed by atoms with Crippen LogP contribution >= 0.6 is 23.4 Å². The van der Waals surface area contributed by atoms with Gasteiger partial charge in [0.15, 0.2) is 0 Å². The average Bonchev–Trinajstić information content (AvgIpc) is 2.76. The molecule has 2 aromatic carbocycles. The molecule has 0 radical (unpaired) electrons. The highest BCUT2D eigenvalue weighted by atomic mass is 35.5. The molecule has 1 aromatic heterocycles. The van der Waals surface area contributed by atoms with Gasteiger partial charge in [-0.15, -0.1) is 11.8 Å². The molecule has 31 heavy (non-hydrogen) atoms. The number of hydrogen-bond acceptors (Lipinski definition) is 4. The van der Waals surface area contributed by atoms with Gasteiger partial charge in [0.2, 0.25) is 0 Å². The smallest absolute Gasteiger partial charge is 0.417 e. The van der Waals surface area contributed by atoms with Crippen LogP contribution in [0.2, 0.25) is 5.02 Å². The van der Waals surface area contributed by atoms with Crippen LogP contribution in [0.5, 0.6) is 5.75 Å². The predicted molar refractivity (Wildman–Crippen MR) is 116 cm³/mol. The summed E-state index contributed by atoms with van der Waals surface area (Å²) >= 11 is 7.21. The average molecular weight is 463 g/mol. The molecule has 0 atom stereocenters. The van der Waals surface area contributed by atoms with Gasteiger partial charge in [-0.1, -0.05) is 36.7 Å². The lowest BCUT2D eigenvalue weighted by atomic mass is 10.1. The van der Waals surface area contributed by atoms with Crippen molar-refractivity contribution in [1.29, 1.82) is 5.26 Å². The van der Waals surface area contributed by atoms with Crippen molar-refractivity contribution in [3.05, 3.63) is 76.3 Å². The van der Waals surface area contributed by atoms with Gasteiger partial charge in [-0.25, -0.2) is 4.98 Å². The first kappa shape index (κ1) is 23.0. The monoisotopic (exact) mass is 462 g/mol. The predicted octanol–water partition coefficient (Wildman–Crippen LogP) is 7.37. The Balaban J connectivity index is 2.01. The Morgan fingerprint density at radius 3 is 2.45 bits per heavy atom. The van der Waals surface area contributed by atoms with Gasteiger partial charge in [-0.05, 0) is 48.4 Å². The van der Waals surface area contributed by atoms with Crippen LogP contribution in [0.4, 0.5) is 13.2 Å². The second-order valence-corrected chi connectivity index (χ2v) is 7.97. The Bertz CT molecular complexity index is 1100. The van der Waals surface area contributed by atoms with E-state index in [1.54, 1.807) is 54.6 Å². The summed E-state index contributed by atoms with van der Waals surface area (Å²) in [6.07, 6.45) is -3.84. The van der Waals surface area contributed by atoms with Gasteiger partial charge in [0.25, 0.3) is 0 Å². The molecule has 0 N–H and O–H groups in total. The topological polar surface area (TPSA) is 45.9 Å². The van der Waals surface area contributed by atoms with Crippen LogP contribution in [0.25, 0.3) is 11.3 Å². The Morgan fingerprint density at radius 1 is 1.13 bits per heavy atom. The zero-order valence-corrected chi connectivity index (χ0v) is 18.1. The van der Waals surface area contributed by atoms with Crippen LogP contribution in [0.1, 0.15) is 30.0 Å². The number of hydrogen-bond donors (Lipinski definition) is 0. The molecular formula is C23H18ClF3N2OS. The number of aromatic nitrogens is 1. The lowest BCUT2D eigenvalue weighted by Crippen LogP contribution is -2.10. The van der Waals surface area contributed by atoms with Gasteiger partial charge in [0.05, 0.1) is 23.4 Å². The molecule has 0 saturated carbocycles. The number of benzene rings is 2. The molecule has 160 valence electrons. The van der Waals surface area contributed by atoms with Gasteiger partial charge in [-0.2, -0.15) is 18.4 Å². The first-order valence-electron chi connectivity index (χ1n) is 9.45. The molecule has 1 heterocycles. The van der Waals surface area contributed by atoms with Crippen molar-refractivity contribution in [3.8, 4) is 23.1 Å². The van der Waals surface area contributed by atoms with Gasteiger partial charge in [0, 0.05) is 16.3 Å². The lowest BCUT2D eigenvalue weighted by Gasteiger charge is -2.15. The maximum absolute atomic E-state index is 13.7. The van der Waals surface area contributed by atoms with Gasteiger partial charge >= 0.3 is 6.18 Å². The minimum absolute atomic E-state index is 0.0126. The number of halogens is 4. The highest BCUT2D eigenvalue weighted by Gasteiger charge is 2.36. The minimum Gasteiger partial charge on any atom is -0.494 e. The first-order chi connectivity index (χ1) is 14.8. The van der Waals surface area contributed by atoms with E-state index in [2.05, 4.69) is 4.98 Å². The molecule has 0 saturated heterocycles. The van der Waals surface area contributed by atoms with Gasteiger partial charge in [0.1, 0.15) is 16.8 Å².